The summed E-state index contributed by atoms with van der Waals surface area (Å²) in [4.78, 5) is 11.3. The Morgan fingerprint density at radius 1 is 1.03 bits per heavy atom. The number of hydrogen-bond donors (Lipinski definition) is 1. The molecule has 32 heavy (non-hydrogen) atoms. The van der Waals surface area contributed by atoms with Gasteiger partial charge in [0.05, 0.1) is 0 Å². The second-order valence-corrected chi connectivity index (χ2v) is 9.44. The van der Waals surface area contributed by atoms with Crippen molar-refractivity contribution < 1.29 is 8.78 Å². The molecule has 1 N–H and O–H groups in total. The number of benzene rings is 2. The molecule has 4 nitrogen and oxygen atoms in total. The van der Waals surface area contributed by atoms with Crippen molar-refractivity contribution in [3.05, 3.63) is 76.6 Å². The van der Waals surface area contributed by atoms with Crippen LogP contribution in [0.25, 0.3) is 11.1 Å². The third-order valence-electron chi connectivity index (χ3n) is 6.68. The van der Waals surface area contributed by atoms with Gasteiger partial charge in [-0.2, -0.15) is 0 Å². The van der Waals surface area contributed by atoms with E-state index in [1.54, 1.807) is 18.5 Å². The van der Waals surface area contributed by atoms with Gasteiger partial charge in [0, 0.05) is 54.2 Å². The molecule has 0 unspecified atom stereocenters. The molecule has 3 aromatic rings. The summed E-state index contributed by atoms with van der Waals surface area (Å²) in [6.07, 6.45) is 5.53. The maximum Gasteiger partial charge on any atom is 0.222 e. The fourth-order valence-corrected chi connectivity index (χ4v) is 5.38. The van der Waals surface area contributed by atoms with Gasteiger partial charge in [-0.25, -0.2) is 18.7 Å². The van der Waals surface area contributed by atoms with Crippen LogP contribution in [0.4, 0.5) is 14.7 Å². The SMILES string of the molecule is Cc1cc(CN2C[C@H]3CC(Nc4ncc(-c5cc(F)ccc5Cl)cn4)C[C@@H]3C2)ccc1F. The zero-order valence-corrected chi connectivity index (χ0v) is 18.6. The van der Waals surface area contributed by atoms with E-state index >= 15 is 0 Å². The third-order valence-corrected chi connectivity index (χ3v) is 7.01. The molecule has 0 amide bonds. The van der Waals surface area contributed by atoms with Gasteiger partial charge >= 0.3 is 0 Å². The lowest BCUT2D eigenvalue weighted by Gasteiger charge is -2.20. The first-order chi connectivity index (χ1) is 15.4. The van der Waals surface area contributed by atoms with Gasteiger partial charge in [0.2, 0.25) is 5.95 Å². The Bertz CT molecular complexity index is 1110. The number of hydrogen-bond acceptors (Lipinski definition) is 4. The monoisotopic (exact) mass is 454 g/mol. The molecule has 2 heterocycles. The van der Waals surface area contributed by atoms with Crippen molar-refractivity contribution in [2.45, 2.75) is 32.4 Å². The molecule has 166 valence electrons. The Morgan fingerprint density at radius 3 is 2.44 bits per heavy atom. The van der Waals surface area contributed by atoms with Crippen molar-refractivity contribution in [3.63, 3.8) is 0 Å². The van der Waals surface area contributed by atoms with Crippen molar-refractivity contribution >= 4 is 17.5 Å². The molecule has 1 aliphatic carbocycles. The van der Waals surface area contributed by atoms with Crippen LogP contribution < -0.4 is 5.32 Å². The minimum atomic E-state index is -0.340. The van der Waals surface area contributed by atoms with Crippen LogP contribution in [0, 0.1) is 30.4 Å². The molecule has 2 atom stereocenters. The minimum absolute atomic E-state index is 0.143. The number of aromatic nitrogens is 2. The van der Waals surface area contributed by atoms with E-state index in [-0.39, 0.29) is 11.6 Å². The molecule has 0 bridgehead atoms. The molecule has 0 radical (unpaired) electrons. The summed E-state index contributed by atoms with van der Waals surface area (Å²) in [6.45, 7) is 4.82. The van der Waals surface area contributed by atoms with Crippen LogP contribution in [0.2, 0.25) is 5.02 Å². The third kappa shape index (κ3) is 4.48. The number of halogens is 3. The molecule has 2 aliphatic rings. The predicted molar refractivity (Wildman–Crippen MR) is 122 cm³/mol. The molecule has 1 aromatic heterocycles. The minimum Gasteiger partial charge on any atom is -0.351 e. The summed E-state index contributed by atoms with van der Waals surface area (Å²) >= 11 is 6.18. The van der Waals surface area contributed by atoms with Crippen molar-refractivity contribution in [2.75, 3.05) is 18.4 Å². The zero-order chi connectivity index (χ0) is 22.2. The Kier molecular flexibility index (Phi) is 5.82. The van der Waals surface area contributed by atoms with Crippen molar-refractivity contribution in [1.82, 2.24) is 14.9 Å². The fourth-order valence-electron chi connectivity index (χ4n) is 5.15. The largest absolute Gasteiger partial charge is 0.351 e. The van der Waals surface area contributed by atoms with E-state index in [0.717, 1.165) is 32.5 Å². The van der Waals surface area contributed by atoms with Crippen LogP contribution >= 0.6 is 11.6 Å². The first-order valence-electron chi connectivity index (χ1n) is 11.0. The molecular formula is C25H25ClF2N4. The fraction of sp³-hybridized carbons (Fsp3) is 0.360. The molecule has 7 heteroatoms. The molecule has 1 saturated carbocycles. The summed E-state index contributed by atoms with van der Waals surface area (Å²) in [5, 5.41) is 3.93. The number of rotatable bonds is 5. The quantitative estimate of drug-likeness (QED) is 0.536. The molecule has 0 spiro atoms. The summed E-state index contributed by atoms with van der Waals surface area (Å²) in [5.41, 5.74) is 3.15. The highest BCUT2D eigenvalue weighted by atomic mass is 35.5. The maximum absolute atomic E-state index is 13.5. The van der Waals surface area contributed by atoms with Gasteiger partial charge in [0.1, 0.15) is 11.6 Å². The Morgan fingerprint density at radius 2 is 1.75 bits per heavy atom. The first kappa shape index (κ1) is 21.3. The van der Waals surface area contributed by atoms with E-state index in [2.05, 4.69) is 20.2 Å². The van der Waals surface area contributed by atoms with Gasteiger partial charge in [0.25, 0.3) is 0 Å². The molecule has 1 saturated heterocycles. The average Bonchev–Trinajstić information content (AvgIpc) is 3.31. The predicted octanol–water partition coefficient (Wildman–Crippen LogP) is 5.71. The highest BCUT2D eigenvalue weighted by molar-refractivity contribution is 6.33. The van der Waals surface area contributed by atoms with Crippen molar-refractivity contribution in [2.24, 2.45) is 11.8 Å². The normalized spacial score (nSPS) is 21.1. The van der Waals surface area contributed by atoms with Gasteiger partial charge in [-0.15, -0.1) is 0 Å². The van der Waals surface area contributed by atoms with Gasteiger partial charge in [-0.1, -0.05) is 23.7 Å². The second-order valence-electron chi connectivity index (χ2n) is 9.03. The van der Waals surface area contributed by atoms with E-state index < -0.39 is 0 Å². The van der Waals surface area contributed by atoms with Crippen molar-refractivity contribution in [1.29, 1.82) is 0 Å². The summed E-state index contributed by atoms with van der Waals surface area (Å²) in [7, 11) is 0. The van der Waals surface area contributed by atoms with E-state index in [4.69, 9.17) is 11.6 Å². The molecule has 5 rings (SSSR count). The van der Waals surface area contributed by atoms with E-state index in [0.29, 0.717) is 45.5 Å². The first-order valence-corrected chi connectivity index (χ1v) is 11.3. The van der Waals surface area contributed by atoms with Crippen LogP contribution in [0.15, 0.2) is 48.8 Å². The molecule has 2 aromatic carbocycles. The van der Waals surface area contributed by atoms with E-state index in [9.17, 15) is 8.78 Å². The number of anilines is 1. The number of fused-ring (bicyclic) bond motifs is 1. The standard InChI is InChI=1S/C25H25ClF2N4/c1-15-6-16(2-5-24(15)28)12-32-13-17-7-21(8-18(17)14-32)31-25-29-10-19(11-30-25)22-9-20(27)3-4-23(22)26/h2-6,9-11,17-18,21H,7-8,12-14H2,1H3,(H,29,30,31)/t17-,18-/m1/s1. The van der Waals surface area contributed by atoms with Crippen LogP contribution in [0.5, 0.6) is 0 Å². The Hall–Kier alpha value is -2.57. The number of nitrogens with zero attached hydrogens (tertiary/aromatic N) is 3. The lowest BCUT2D eigenvalue weighted by Crippen LogP contribution is -2.25. The number of likely N-dealkylation sites (tertiary alicyclic amines) is 1. The lowest BCUT2D eigenvalue weighted by atomic mass is 10.0. The van der Waals surface area contributed by atoms with Gasteiger partial charge < -0.3 is 5.32 Å². The maximum atomic E-state index is 13.5. The second kappa shape index (κ2) is 8.75. The van der Waals surface area contributed by atoms with Gasteiger partial charge in [0.15, 0.2) is 0 Å². The highest BCUT2D eigenvalue weighted by Gasteiger charge is 2.40. The van der Waals surface area contributed by atoms with Crippen molar-refractivity contribution in [3.8, 4) is 11.1 Å². The van der Waals surface area contributed by atoms with Crippen LogP contribution in [0.3, 0.4) is 0 Å². The molecular weight excluding hydrogens is 430 g/mol. The van der Waals surface area contributed by atoms with Crippen LogP contribution in [-0.2, 0) is 6.54 Å². The zero-order valence-electron chi connectivity index (χ0n) is 17.9. The lowest BCUT2D eigenvalue weighted by molar-refractivity contribution is 0.301. The van der Waals surface area contributed by atoms with Gasteiger partial charge in [-0.3, -0.25) is 4.90 Å². The number of nitrogens with one attached hydrogen (secondary N) is 1. The van der Waals surface area contributed by atoms with Crippen LogP contribution in [0.1, 0.15) is 24.0 Å². The summed E-state index contributed by atoms with van der Waals surface area (Å²) in [6, 6.07) is 10.0. The number of aryl methyl sites for hydroxylation is 1. The smallest absolute Gasteiger partial charge is 0.222 e. The highest BCUT2D eigenvalue weighted by Crippen LogP contribution is 2.39. The average molecular weight is 455 g/mol. The summed E-state index contributed by atoms with van der Waals surface area (Å²) < 4.78 is 27.1. The Balaban J connectivity index is 1.16. The van der Waals surface area contributed by atoms with Gasteiger partial charge in [-0.05, 0) is 67.0 Å². The van der Waals surface area contributed by atoms with Crippen LogP contribution in [-0.4, -0.2) is 34.0 Å². The van der Waals surface area contributed by atoms with E-state index in [1.165, 1.54) is 23.8 Å². The van der Waals surface area contributed by atoms with E-state index in [1.807, 2.05) is 19.1 Å². The molecule has 2 fully saturated rings. The Labute approximate surface area is 191 Å². The summed E-state index contributed by atoms with van der Waals surface area (Å²) in [5.74, 6) is 1.41. The molecule has 1 aliphatic heterocycles. The topological polar surface area (TPSA) is 41.0 Å².